The van der Waals surface area contributed by atoms with Crippen LogP contribution in [0.2, 0.25) is 0 Å². The van der Waals surface area contributed by atoms with Gasteiger partial charge in [-0.05, 0) is 55.7 Å². The van der Waals surface area contributed by atoms with Gasteiger partial charge in [0.2, 0.25) is 16.0 Å². The fourth-order valence-corrected chi connectivity index (χ4v) is 5.12. The van der Waals surface area contributed by atoms with Gasteiger partial charge in [0.15, 0.2) is 0 Å². The molecule has 0 unspecified atom stereocenters. The number of hydrogen-bond donors (Lipinski definition) is 4. The summed E-state index contributed by atoms with van der Waals surface area (Å²) < 4.78 is 28.8. The van der Waals surface area contributed by atoms with Crippen LogP contribution in [0.1, 0.15) is 24.0 Å². The molecule has 1 fully saturated rings. The molecular formula is C24H27N7O3S. The average Bonchev–Trinajstić information content (AvgIpc) is 3.64. The van der Waals surface area contributed by atoms with E-state index in [-0.39, 0.29) is 18.4 Å². The summed E-state index contributed by atoms with van der Waals surface area (Å²) in [5.41, 5.74) is 5.08. The van der Waals surface area contributed by atoms with Crippen LogP contribution in [-0.2, 0) is 23.1 Å². The third kappa shape index (κ3) is 5.42. The van der Waals surface area contributed by atoms with E-state index in [1.54, 1.807) is 12.5 Å². The van der Waals surface area contributed by atoms with Crippen LogP contribution in [0.5, 0.6) is 0 Å². The smallest absolute Gasteiger partial charge is 0.229 e. The highest BCUT2D eigenvalue weighted by Crippen LogP contribution is 2.28. The molecule has 4 N–H and O–H groups in total. The third-order valence-electron chi connectivity index (χ3n) is 5.82. The Bertz CT molecular complexity index is 1470. The van der Waals surface area contributed by atoms with Crippen molar-refractivity contribution >= 4 is 44.2 Å². The number of sulfonamides is 1. The molecule has 5 rings (SSSR count). The van der Waals surface area contributed by atoms with Crippen molar-refractivity contribution in [1.82, 2.24) is 24.2 Å². The van der Waals surface area contributed by atoms with Crippen molar-refractivity contribution in [3.63, 3.8) is 0 Å². The Labute approximate surface area is 203 Å². The van der Waals surface area contributed by atoms with E-state index in [2.05, 4.69) is 30.3 Å². The quantitative estimate of drug-likeness (QED) is 0.265. The molecule has 2 aromatic heterocycles. The van der Waals surface area contributed by atoms with Gasteiger partial charge in [-0.1, -0.05) is 12.1 Å². The fourth-order valence-electron chi connectivity index (χ4n) is 3.76. The maximum Gasteiger partial charge on any atom is 0.229 e. The first-order chi connectivity index (χ1) is 16.9. The molecule has 0 radical (unpaired) electrons. The molecule has 182 valence electrons. The number of aryl methyl sites for hydroxylation is 1. The minimum Gasteiger partial charge on any atom is -0.395 e. The number of aliphatic hydroxyl groups excluding tert-OH is 1. The fraction of sp³-hybridized carbons (Fsp3) is 0.292. The van der Waals surface area contributed by atoms with E-state index in [0.29, 0.717) is 18.3 Å². The van der Waals surface area contributed by atoms with Gasteiger partial charge in [0, 0.05) is 36.2 Å². The largest absolute Gasteiger partial charge is 0.395 e. The number of aromatic nitrogens is 4. The summed E-state index contributed by atoms with van der Waals surface area (Å²) >= 11 is 0. The molecule has 0 aliphatic heterocycles. The SMILES string of the molecule is Cc1cnc(Nc2ccc3c(c2)ncn3CCO)nc1Nc1cccc(CNS(=O)(=O)C2CC2)c1. The number of fused-ring (bicyclic) bond motifs is 1. The van der Waals surface area contributed by atoms with Crippen LogP contribution < -0.4 is 15.4 Å². The molecular weight excluding hydrogens is 466 g/mol. The molecule has 0 bridgehead atoms. The van der Waals surface area contributed by atoms with E-state index in [4.69, 9.17) is 0 Å². The molecule has 10 nitrogen and oxygen atoms in total. The van der Waals surface area contributed by atoms with Gasteiger partial charge in [-0.25, -0.2) is 23.1 Å². The molecule has 1 saturated carbocycles. The summed E-state index contributed by atoms with van der Waals surface area (Å²) in [7, 11) is -3.23. The highest BCUT2D eigenvalue weighted by molar-refractivity contribution is 7.90. The Hall–Kier alpha value is -3.54. The predicted octanol–water partition coefficient (Wildman–Crippen LogP) is 3.20. The van der Waals surface area contributed by atoms with Crippen molar-refractivity contribution in [2.75, 3.05) is 17.2 Å². The average molecular weight is 494 g/mol. The predicted molar refractivity (Wildman–Crippen MR) is 135 cm³/mol. The van der Waals surface area contributed by atoms with Crippen LogP contribution in [0.4, 0.5) is 23.1 Å². The molecule has 35 heavy (non-hydrogen) atoms. The second-order valence-electron chi connectivity index (χ2n) is 8.61. The Morgan fingerprint density at radius 3 is 2.71 bits per heavy atom. The van der Waals surface area contributed by atoms with Gasteiger partial charge in [-0.3, -0.25) is 0 Å². The van der Waals surface area contributed by atoms with Crippen molar-refractivity contribution in [1.29, 1.82) is 0 Å². The Kier molecular flexibility index (Phi) is 6.37. The molecule has 1 aliphatic rings. The number of nitrogens with one attached hydrogen (secondary N) is 3. The van der Waals surface area contributed by atoms with Gasteiger partial charge < -0.3 is 20.3 Å². The summed E-state index contributed by atoms with van der Waals surface area (Å²) in [5.74, 6) is 1.08. The van der Waals surface area contributed by atoms with Crippen molar-refractivity contribution in [3.05, 3.63) is 66.1 Å². The Morgan fingerprint density at radius 2 is 1.91 bits per heavy atom. The number of anilines is 4. The molecule has 2 aromatic carbocycles. The Morgan fingerprint density at radius 1 is 1.09 bits per heavy atom. The summed E-state index contributed by atoms with van der Waals surface area (Å²) in [6, 6.07) is 13.3. The minimum atomic E-state index is -3.23. The minimum absolute atomic E-state index is 0.0530. The van der Waals surface area contributed by atoms with Crippen LogP contribution in [0.3, 0.4) is 0 Å². The van der Waals surface area contributed by atoms with E-state index < -0.39 is 10.0 Å². The zero-order chi connectivity index (χ0) is 24.4. The highest BCUT2D eigenvalue weighted by Gasteiger charge is 2.35. The molecule has 0 spiro atoms. The molecule has 0 atom stereocenters. The maximum atomic E-state index is 12.1. The lowest BCUT2D eigenvalue weighted by Crippen LogP contribution is -2.26. The highest BCUT2D eigenvalue weighted by atomic mass is 32.2. The number of rotatable bonds is 10. The molecule has 0 amide bonds. The molecule has 0 saturated heterocycles. The number of hydrogen-bond acceptors (Lipinski definition) is 8. The number of nitrogens with zero attached hydrogens (tertiary/aromatic N) is 4. The lowest BCUT2D eigenvalue weighted by molar-refractivity contribution is 0.278. The number of imidazole rings is 1. The van der Waals surface area contributed by atoms with E-state index in [0.717, 1.165) is 46.4 Å². The maximum absolute atomic E-state index is 12.1. The second-order valence-corrected chi connectivity index (χ2v) is 10.7. The van der Waals surface area contributed by atoms with Gasteiger partial charge in [-0.15, -0.1) is 0 Å². The van der Waals surface area contributed by atoms with Crippen molar-refractivity contribution in [2.24, 2.45) is 0 Å². The third-order valence-corrected chi connectivity index (χ3v) is 7.72. The van der Waals surface area contributed by atoms with Gasteiger partial charge in [-0.2, -0.15) is 4.98 Å². The molecule has 2 heterocycles. The monoisotopic (exact) mass is 493 g/mol. The van der Waals surface area contributed by atoms with E-state index >= 15 is 0 Å². The van der Waals surface area contributed by atoms with Crippen molar-refractivity contribution in [3.8, 4) is 0 Å². The summed E-state index contributed by atoms with van der Waals surface area (Å²) in [5, 5.41) is 15.5. The second kappa shape index (κ2) is 9.61. The normalized spacial score (nSPS) is 13.8. The topological polar surface area (TPSA) is 134 Å². The van der Waals surface area contributed by atoms with E-state index in [1.807, 2.05) is 54.0 Å². The summed E-state index contributed by atoms with van der Waals surface area (Å²) in [4.78, 5) is 13.4. The van der Waals surface area contributed by atoms with Gasteiger partial charge in [0.05, 0.1) is 29.2 Å². The van der Waals surface area contributed by atoms with Crippen LogP contribution in [0, 0.1) is 6.92 Å². The van der Waals surface area contributed by atoms with Crippen LogP contribution in [-0.4, -0.2) is 44.9 Å². The number of aliphatic hydroxyl groups is 1. The zero-order valence-electron chi connectivity index (χ0n) is 19.3. The Balaban J connectivity index is 1.29. The molecule has 4 aromatic rings. The van der Waals surface area contributed by atoms with Crippen LogP contribution in [0.25, 0.3) is 11.0 Å². The van der Waals surface area contributed by atoms with Crippen molar-refractivity contribution in [2.45, 2.75) is 38.1 Å². The van der Waals surface area contributed by atoms with Crippen LogP contribution >= 0.6 is 0 Å². The lowest BCUT2D eigenvalue weighted by Gasteiger charge is -2.12. The first-order valence-corrected chi connectivity index (χ1v) is 13.0. The van der Waals surface area contributed by atoms with E-state index in [1.165, 1.54) is 0 Å². The van der Waals surface area contributed by atoms with Crippen LogP contribution in [0.15, 0.2) is 55.0 Å². The molecule has 11 heteroatoms. The summed E-state index contributed by atoms with van der Waals surface area (Å²) in [6.07, 6.45) is 4.92. The standard InChI is InChI=1S/C24H27N7O3S/c1-16-13-25-24(29-19-5-8-22-21(12-19)26-15-31(22)9-10-32)30-23(16)28-18-4-2-3-17(11-18)14-27-35(33,34)20-6-7-20/h2-5,8,11-13,15,20,27,32H,6-7,9-10,14H2,1H3,(H2,25,28,29,30). The zero-order valence-corrected chi connectivity index (χ0v) is 20.1. The lowest BCUT2D eigenvalue weighted by atomic mass is 10.2. The molecule has 1 aliphatic carbocycles. The van der Waals surface area contributed by atoms with Gasteiger partial charge >= 0.3 is 0 Å². The first kappa shape index (κ1) is 23.2. The van der Waals surface area contributed by atoms with Gasteiger partial charge in [0.1, 0.15) is 5.82 Å². The van der Waals surface area contributed by atoms with Crippen molar-refractivity contribution < 1.29 is 13.5 Å². The summed E-state index contributed by atoms with van der Waals surface area (Å²) in [6.45, 7) is 2.71. The first-order valence-electron chi connectivity index (χ1n) is 11.4. The van der Waals surface area contributed by atoms with E-state index in [9.17, 15) is 13.5 Å². The van der Waals surface area contributed by atoms with Gasteiger partial charge in [0.25, 0.3) is 0 Å². The number of benzene rings is 2.